The molecule has 156 valence electrons. The predicted molar refractivity (Wildman–Crippen MR) is 120 cm³/mol. The number of piperazine rings is 1. The van der Waals surface area contributed by atoms with Crippen molar-refractivity contribution >= 4 is 29.9 Å². The van der Waals surface area contributed by atoms with E-state index < -0.39 is 0 Å². The molecule has 26 heavy (non-hydrogen) atoms. The minimum atomic E-state index is 0. The maximum atomic E-state index is 5.47. The molecule has 0 bridgehead atoms. The summed E-state index contributed by atoms with van der Waals surface area (Å²) in [6.45, 7) is 14.9. The van der Waals surface area contributed by atoms with Gasteiger partial charge < -0.3 is 29.9 Å². The van der Waals surface area contributed by atoms with Crippen molar-refractivity contribution < 1.29 is 9.47 Å². The third kappa shape index (κ3) is 13.1. The molecule has 0 radical (unpaired) electrons. The lowest BCUT2D eigenvalue weighted by atomic mass is 10.1. The SMILES string of the molecule is CCNC(=NCC(C)CN1CCN(C)CC1)NCCCOCCOC.I. The third-order valence-electron chi connectivity index (χ3n) is 4.26. The molecule has 0 aromatic heterocycles. The first kappa shape index (κ1) is 25.8. The molecule has 1 fully saturated rings. The topological polar surface area (TPSA) is 61.4 Å². The monoisotopic (exact) mass is 485 g/mol. The number of nitrogens with zero attached hydrogens (tertiary/aromatic N) is 3. The minimum Gasteiger partial charge on any atom is -0.382 e. The van der Waals surface area contributed by atoms with Crippen molar-refractivity contribution in [3.05, 3.63) is 0 Å². The van der Waals surface area contributed by atoms with Crippen LogP contribution in [0.25, 0.3) is 0 Å². The molecule has 8 heteroatoms. The van der Waals surface area contributed by atoms with Crippen LogP contribution in [0.2, 0.25) is 0 Å². The first-order valence-electron chi connectivity index (χ1n) is 9.65. The second-order valence-corrected chi connectivity index (χ2v) is 6.81. The highest BCUT2D eigenvalue weighted by atomic mass is 127. The van der Waals surface area contributed by atoms with Gasteiger partial charge in [-0.2, -0.15) is 0 Å². The van der Waals surface area contributed by atoms with E-state index in [9.17, 15) is 0 Å². The summed E-state index contributed by atoms with van der Waals surface area (Å²) in [5.74, 6) is 1.47. The van der Waals surface area contributed by atoms with Gasteiger partial charge in [0.25, 0.3) is 0 Å². The molecule has 0 amide bonds. The molecule has 0 spiro atoms. The van der Waals surface area contributed by atoms with Gasteiger partial charge in [0.05, 0.1) is 13.2 Å². The molecule has 1 aliphatic rings. The second kappa shape index (κ2) is 17.0. The van der Waals surface area contributed by atoms with Gasteiger partial charge in [-0.25, -0.2) is 0 Å². The maximum absolute atomic E-state index is 5.47. The molecule has 1 unspecified atom stereocenters. The molecule has 7 nitrogen and oxygen atoms in total. The number of hydrogen-bond acceptors (Lipinski definition) is 5. The molecule has 0 aromatic rings. The molecule has 0 aromatic carbocycles. The summed E-state index contributed by atoms with van der Waals surface area (Å²) in [4.78, 5) is 9.69. The van der Waals surface area contributed by atoms with Crippen LogP contribution in [-0.2, 0) is 9.47 Å². The normalized spacial score (nSPS) is 17.6. The van der Waals surface area contributed by atoms with Crippen LogP contribution in [0.4, 0.5) is 0 Å². The highest BCUT2D eigenvalue weighted by Gasteiger charge is 2.15. The standard InChI is InChI=1S/C18H39N5O2.HI/c1-5-19-18(20-7-6-12-25-14-13-24-4)21-15-17(2)16-23-10-8-22(3)9-11-23;/h17H,5-16H2,1-4H3,(H2,19,20,21);1H. The van der Waals surface area contributed by atoms with Gasteiger partial charge in [0.1, 0.15) is 0 Å². The van der Waals surface area contributed by atoms with E-state index in [0.717, 1.165) is 45.2 Å². The first-order chi connectivity index (χ1) is 12.2. The lowest BCUT2D eigenvalue weighted by Crippen LogP contribution is -2.46. The third-order valence-corrected chi connectivity index (χ3v) is 4.26. The van der Waals surface area contributed by atoms with Crippen LogP contribution in [-0.4, -0.2) is 102 Å². The summed E-state index contributed by atoms with van der Waals surface area (Å²) in [6, 6.07) is 0. The summed E-state index contributed by atoms with van der Waals surface area (Å²) in [6.07, 6.45) is 0.963. The first-order valence-corrected chi connectivity index (χ1v) is 9.65. The van der Waals surface area contributed by atoms with Crippen molar-refractivity contribution in [3.63, 3.8) is 0 Å². The number of halogens is 1. The highest BCUT2D eigenvalue weighted by molar-refractivity contribution is 14.0. The smallest absolute Gasteiger partial charge is 0.191 e. The Hall–Kier alpha value is -0.160. The number of nitrogens with one attached hydrogen (secondary N) is 2. The van der Waals surface area contributed by atoms with Crippen LogP contribution in [0.1, 0.15) is 20.3 Å². The number of methoxy groups -OCH3 is 1. The Morgan fingerprint density at radius 2 is 1.85 bits per heavy atom. The molecular weight excluding hydrogens is 445 g/mol. The summed E-state index contributed by atoms with van der Waals surface area (Å²) >= 11 is 0. The van der Waals surface area contributed by atoms with Crippen LogP contribution in [0.5, 0.6) is 0 Å². The second-order valence-electron chi connectivity index (χ2n) is 6.81. The van der Waals surface area contributed by atoms with Gasteiger partial charge in [0.2, 0.25) is 0 Å². The lowest BCUT2D eigenvalue weighted by Gasteiger charge is -2.33. The van der Waals surface area contributed by atoms with E-state index in [4.69, 9.17) is 14.5 Å². The fourth-order valence-electron chi connectivity index (χ4n) is 2.74. The van der Waals surface area contributed by atoms with Gasteiger partial charge >= 0.3 is 0 Å². The number of hydrogen-bond donors (Lipinski definition) is 2. The summed E-state index contributed by atoms with van der Waals surface area (Å²) in [5, 5.41) is 6.70. The maximum Gasteiger partial charge on any atom is 0.191 e. The van der Waals surface area contributed by atoms with Crippen molar-refractivity contribution in [1.82, 2.24) is 20.4 Å². The average molecular weight is 485 g/mol. The largest absolute Gasteiger partial charge is 0.382 e. The fourth-order valence-corrected chi connectivity index (χ4v) is 2.74. The quantitative estimate of drug-likeness (QED) is 0.187. The zero-order valence-electron chi connectivity index (χ0n) is 17.1. The highest BCUT2D eigenvalue weighted by Crippen LogP contribution is 2.05. The van der Waals surface area contributed by atoms with Crippen LogP contribution in [0, 0.1) is 5.92 Å². The molecule has 1 aliphatic heterocycles. The molecule has 1 heterocycles. The van der Waals surface area contributed by atoms with Crippen LogP contribution >= 0.6 is 24.0 Å². The van der Waals surface area contributed by atoms with Gasteiger partial charge in [0, 0.05) is 66.1 Å². The number of aliphatic imine (C=N–C) groups is 1. The zero-order chi connectivity index (χ0) is 18.3. The van der Waals surface area contributed by atoms with Crippen LogP contribution < -0.4 is 10.6 Å². The summed E-state index contributed by atoms with van der Waals surface area (Å²) in [5.41, 5.74) is 0. The van der Waals surface area contributed by atoms with Gasteiger partial charge in [-0.15, -0.1) is 24.0 Å². The van der Waals surface area contributed by atoms with Crippen LogP contribution in [0.3, 0.4) is 0 Å². The van der Waals surface area contributed by atoms with E-state index in [1.807, 2.05) is 0 Å². The summed E-state index contributed by atoms with van der Waals surface area (Å²) < 4.78 is 10.4. The molecular formula is C18H40IN5O2. The van der Waals surface area contributed by atoms with Gasteiger partial charge in [-0.1, -0.05) is 6.92 Å². The average Bonchev–Trinajstić information content (AvgIpc) is 2.60. The van der Waals surface area contributed by atoms with E-state index in [2.05, 4.69) is 41.3 Å². The molecule has 0 saturated carbocycles. The Bertz CT molecular complexity index is 352. The Kier molecular flexibility index (Phi) is 16.9. The molecule has 0 aliphatic carbocycles. The number of ether oxygens (including phenoxy) is 2. The van der Waals surface area contributed by atoms with E-state index in [0.29, 0.717) is 19.1 Å². The van der Waals surface area contributed by atoms with Gasteiger partial charge in [0.15, 0.2) is 5.96 Å². The zero-order valence-corrected chi connectivity index (χ0v) is 19.5. The van der Waals surface area contributed by atoms with E-state index in [1.54, 1.807) is 7.11 Å². The summed E-state index contributed by atoms with van der Waals surface area (Å²) in [7, 11) is 3.89. The van der Waals surface area contributed by atoms with E-state index in [-0.39, 0.29) is 24.0 Å². The number of guanidine groups is 1. The van der Waals surface area contributed by atoms with Crippen molar-refractivity contribution in [3.8, 4) is 0 Å². The van der Waals surface area contributed by atoms with E-state index in [1.165, 1.54) is 26.2 Å². The molecule has 1 saturated heterocycles. The Morgan fingerprint density at radius 1 is 1.12 bits per heavy atom. The minimum absolute atomic E-state index is 0. The Balaban J connectivity index is 0.00000625. The molecule has 1 rings (SSSR count). The predicted octanol–water partition coefficient (Wildman–Crippen LogP) is 1.10. The molecule has 1 atom stereocenters. The van der Waals surface area contributed by atoms with Gasteiger partial charge in [-0.05, 0) is 26.3 Å². The molecule has 2 N–H and O–H groups in total. The number of rotatable bonds is 12. The van der Waals surface area contributed by atoms with Gasteiger partial charge in [-0.3, -0.25) is 4.99 Å². The fraction of sp³-hybridized carbons (Fsp3) is 0.944. The van der Waals surface area contributed by atoms with Crippen molar-refractivity contribution in [2.75, 3.05) is 86.3 Å². The van der Waals surface area contributed by atoms with Crippen LogP contribution in [0.15, 0.2) is 4.99 Å². The van der Waals surface area contributed by atoms with Crippen molar-refractivity contribution in [2.24, 2.45) is 10.9 Å². The van der Waals surface area contributed by atoms with E-state index >= 15 is 0 Å². The Labute approximate surface area is 177 Å². The lowest BCUT2D eigenvalue weighted by molar-refractivity contribution is 0.0698. The Morgan fingerprint density at radius 3 is 2.50 bits per heavy atom. The van der Waals surface area contributed by atoms with Crippen molar-refractivity contribution in [1.29, 1.82) is 0 Å². The number of likely N-dealkylation sites (N-methyl/N-ethyl adjacent to an activating group) is 1. The van der Waals surface area contributed by atoms with Crippen molar-refractivity contribution in [2.45, 2.75) is 20.3 Å².